The predicted octanol–water partition coefficient (Wildman–Crippen LogP) is -3.39. The Morgan fingerprint density at radius 3 is 1.69 bits per heavy atom. The fourth-order valence-corrected chi connectivity index (χ4v) is 3.19. The number of thioether (sulfide) groups is 1. The molecule has 0 aromatic heterocycles. The lowest BCUT2D eigenvalue weighted by molar-refractivity contribution is -0.143. The standard InChI is InChI=1S/C19H32N6O9S/c1-35-7-6-11(23-16(30)9(20)8-14(22)27)18(32)24-10(2-4-13(21)26)17(31)25-12(19(33)34)3-5-15(28)29/h9-12H,2-8,20H2,1H3,(H2,21,26)(H2,22,27)(H,23,30)(H,24,32)(H,25,31)(H,28,29)(H,33,34). The van der Waals surface area contributed by atoms with Crippen molar-refractivity contribution in [3.63, 3.8) is 0 Å². The molecular weight excluding hydrogens is 488 g/mol. The Balaban J connectivity index is 5.55. The lowest BCUT2D eigenvalue weighted by atomic mass is 10.1. The molecule has 0 heterocycles. The molecule has 0 radical (unpaired) electrons. The molecule has 0 rings (SSSR count). The van der Waals surface area contributed by atoms with Gasteiger partial charge in [0.05, 0.1) is 12.5 Å². The molecule has 4 atom stereocenters. The zero-order valence-corrected chi connectivity index (χ0v) is 20.0. The number of primary amides is 2. The summed E-state index contributed by atoms with van der Waals surface area (Å²) in [5, 5.41) is 24.9. The number of carbonyl (C=O) groups is 7. The van der Waals surface area contributed by atoms with Gasteiger partial charge in [0.25, 0.3) is 0 Å². The van der Waals surface area contributed by atoms with Gasteiger partial charge in [-0.25, -0.2) is 4.79 Å². The Labute approximate surface area is 205 Å². The van der Waals surface area contributed by atoms with Gasteiger partial charge in [-0.05, 0) is 31.3 Å². The van der Waals surface area contributed by atoms with Crippen molar-refractivity contribution in [2.45, 2.75) is 62.7 Å². The Morgan fingerprint density at radius 2 is 1.23 bits per heavy atom. The first kappa shape index (κ1) is 31.6. The van der Waals surface area contributed by atoms with Crippen LogP contribution in [-0.4, -0.2) is 87.9 Å². The third-order valence-electron chi connectivity index (χ3n) is 4.58. The maximum atomic E-state index is 12.9. The minimum Gasteiger partial charge on any atom is -0.481 e. The molecule has 0 aromatic rings. The smallest absolute Gasteiger partial charge is 0.326 e. The molecule has 0 aliphatic heterocycles. The lowest BCUT2D eigenvalue weighted by Crippen LogP contribution is -2.57. The molecule has 15 nitrogen and oxygen atoms in total. The van der Waals surface area contributed by atoms with Crippen molar-refractivity contribution < 1.29 is 43.8 Å². The first-order chi connectivity index (χ1) is 16.3. The third kappa shape index (κ3) is 13.8. The summed E-state index contributed by atoms with van der Waals surface area (Å²) in [6.45, 7) is 0. The van der Waals surface area contributed by atoms with Crippen LogP contribution in [0.5, 0.6) is 0 Å². The molecule has 0 aliphatic rings. The van der Waals surface area contributed by atoms with E-state index in [1.807, 2.05) is 0 Å². The van der Waals surface area contributed by atoms with E-state index in [0.717, 1.165) is 0 Å². The summed E-state index contributed by atoms with van der Waals surface area (Å²) in [6, 6.07) is -5.48. The molecule has 0 saturated carbocycles. The van der Waals surface area contributed by atoms with E-state index in [0.29, 0.717) is 5.75 Å². The fourth-order valence-electron chi connectivity index (χ4n) is 2.72. The summed E-state index contributed by atoms with van der Waals surface area (Å²) in [7, 11) is 0. The van der Waals surface area contributed by atoms with E-state index in [1.165, 1.54) is 11.8 Å². The van der Waals surface area contributed by atoms with E-state index in [1.54, 1.807) is 6.26 Å². The number of nitrogens with one attached hydrogen (secondary N) is 3. The van der Waals surface area contributed by atoms with Crippen molar-refractivity contribution in [2.24, 2.45) is 17.2 Å². The quantitative estimate of drug-likeness (QED) is 0.0882. The lowest BCUT2D eigenvalue weighted by Gasteiger charge is -2.25. The molecule has 198 valence electrons. The number of hydrogen-bond acceptors (Lipinski definition) is 9. The van der Waals surface area contributed by atoms with Crippen molar-refractivity contribution in [2.75, 3.05) is 12.0 Å². The molecule has 0 spiro atoms. The van der Waals surface area contributed by atoms with Crippen LogP contribution in [0.4, 0.5) is 0 Å². The molecule has 35 heavy (non-hydrogen) atoms. The maximum absolute atomic E-state index is 12.9. The molecule has 0 fully saturated rings. The normalized spacial score (nSPS) is 14.0. The molecule has 0 saturated heterocycles. The van der Waals surface area contributed by atoms with Crippen molar-refractivity contribution in [3.8, 4) is 0 Å². The first-order valence-corrected chi connectivity index (χ1v) is 11.8. The number of amides is 5. The van der Waals surface area contributed by atoms with Gasteiger partial charge in [0.1, 0.15) is 18.1 Å². The van der Waals surface area contributed by atoms with Gasteiger partial charge >= 0.3 is 11.9 Å². The Hall–Kier alpha value is -3.40. The molecule has 5 amide bonds. The van der Waals surface area contributed by atoms with Crippen molar-refractivity contribution >= 4 is 53.2 Å². The minimum absolute atomic E-state index is 0.114. The number of rotatable bonds is 18. The van der Waals surface area contributed by atoms with Gasteiger partial charge < -0.3 is 43.4 Å². The van der Waals surface area contributed by atoms with Crippen molar-refractivity contribution in [1.82, 2.24) is 16.0 Å². The number of carboxylic acids is 2. The van der Waals surface area contributed by atoms with Gasteiger partial charge in [-0.3, -0.25) is 28.8 Å². The van der Waals surface area contributed by atoms with Crippen LogP contribution in [0, 0.1) is 0 Å². The predicted molar refractivity (Wildman–Crippen MR) is 124 cm³/mol. The maximum Gasteiger partial charge on any atom is 0.326 e. The SMILES string of the molecule is CSCCC(NC(=O)C(N)CC(N)=O)C(=O)NC(CCC(N)=O)C(=O)NC(CCC(=O)O)C(=O)O. The van der Waals surface area contributed by atoms with Crippen LogP contribution in [-0.2, 0) is 33.6 Å². The van der Waals surface area contributed by atoms with Crippen LogP contribution in [0.15, 0.2) is 0 Å². The zero-order valence-electron chi connectivity index (χ0n) is 19.2. The van der Waals surface area contributed by atoms with Gasteiger partial charge in [-0.2, -0.15) is 11.8 Å². The van der Waals surface area contributed by atoms with E-state index >= 15 is 0 Å². The molecule has 11 N–H and O–H groups in total. The van der Waals surface area contributed by atoms with E-state index in [2.05, 4.69) is 16.0 Å². The summed E-state index contributed by atoms with van der Waals surface area (Å²) in [5.74, 6) is -6.61. The van der Waals surface area contributed by atoms with Crippen LogP contribution in [0.25, 0.3) is 0 Å². The van der Waals surface area contributed by atoms with Crippen LogP contribution >= 0.6 is 11.8 Å². The van der Waals surface area contributed by atoms with Gasteiger partial charge in [0.2, 0.25) is 29.5 Å². The van der Waals surface area contributed by atoms with Gasteiger partial charge in [0.15, 0.2) is 0 Å². The van der Waals surface area contributed by atoms with Crippen LogP contribution < -0.4 is 33.2 Å². The Morgan fingerprint density at radius 1 is 0.743 bits per heavy atom. The third-order valence-corrected chi connectivity index (χ3v) is 5.22. The highest BCUT2D eigenvalue weighted by molar-refractivity contribution is 7.98. The molecule has 0 aliphatic carbocycles. The second-order valence-corrected chi connectivity index (χ2v) is 8.50. The zero-order chi connectivity index (χ0) is 27.1. The van der Waals surface area contributed by atoms with E-state index < -0.39 is 84.9 Å². The Kier molecular flexibility index (Phi) is 14.7. The van der Waals surface area contributed by atoms with Gasteiger partial charge in [0, 0.05) is 12.8 Å². The van der Waals surface area contributed by atoms with Gasteiger partial charge in [-0.1, -0.05) is 0 Å². The summed E-state index contributed by atoms with van der Waals surface area (Å²) >= 11 is 1.36. The first-order valence-electron chi connectivity index (χ1n) is 10.4. The van der Waals surface area contributed by atoms with Gasteiger partial charge in [-0.15, -0.1) is 0 Å². The monoisotopic (exact) mass is 520 g/mol. The van der Waals surface area contributed by atoms with E-state index in [4.69, 9.17) is 22.3 Å². The number of nitrogens with two attached hydrogens (primary N) is 3. The number of carbonyl (C=O) groups excluding carboxylic acids is 5. The minimum atomic E-state index is -1.56. The second kappa shape index (κ2) is 16.3. The second-order valence-electron chi connectivity index (χ2n) is 7.52. The van der Waals surface area contributed by atoms with E-state index in [9.17, 15) is 38.7 Å². The number of aliphatic carboxylic acids is 2. The topological polar surface area (TPSA) is 274 Å². The van der Waals surface area contributed by atoms with E-state index in [-0.39, 0.29) is 19.3 Å². The molecule has 0 aromatic carbocycles. The summed E-state index contributed by atoms with van der Waals surface area (Å²) in [5.41, 5.74) is 15.7. The molecular formula is C19H32N6O9S. The Bertz CT molecular complexity index is 810. The highest BCUT2D eigenvalue weighted by atomic mass is 32.2. The molecule has 4 unspecified atom stereocenters. The fraction of sp³-hybridized carbons (Fsp3) is 0.632. The van der Waals surface area contributed by atoms with Crippen LogP contribution in [0.2, 0.25) is 0 Å². The number of carboxylic acid groups (broad SMARTS) is 2. The average Bonchev–Trinajstić information content (AvgIpc) is 2.75. The largest absolute Gasteiger partial charge is 0.481 e. The highest BCUT2D eigenvalue weighted by Gasteiger charge is 2.30. The highest BCUT2D eigenvalue weighted by Crippen LogP contribution is 2.06. The van der Waals surface area contributed by atoms with Crippen molar-refractivity contribution in [3.05, 3.63) is 0 Å². The van der Waals surface area contributed by atoms with Crippen molar-refractivity contribution in [1.29, 1.82) is 0 Å². The van der Waals surface area contributed by atoms with Crippen LogP contribution in [0.1, 0.15) is 38.5 Å². The average molecular weight is 521 g/mol. The summed E-state index contributed by atoms with van der Waals surface area (Å²) in [4.78, 5) is 82.1. The number of hydrogen-bond donors (Lipinski definition) is 8. The summed E-state index contributed by atoms with van der Waals surface area (Å²) < 4.78 is 0. The molecule has 0 bridgehead atoms. The molecule has 16 heteroatoms. The van der Waals surface area contributed by atoms with Crippen LogP contribution in [0.3, 0.4) is 0 Å². The summed E-state index contributed by atoms with van der Waals surface area (Å²) in [6.07, 6.45) is -0.177.